The number of hydrogen-bond donors (Lipinski definition) is 1. The first-order chi connectivity index (χ1) is 10.8. The smallest absolute Gasteiger partial charge is 0.254 e. The van der Waals surface area contributed by atoms with Crippen LogP contribution in [0, 0.1) is 0 Å². The maximum Gasteiger partial charge on any atom is 0.254 e. The van der Waals surface area contributed by atoms with Gasteiger partial charge in [-0.05, 0) is 18.2 Å². The molecule has 1 N–H and O–H groups in total. The van der Waals surface area contributed by atoms with Crippen molar-refractivity contribution < 1.29 is 14.3 Å². The molecule has 3 rings (SSSR count). The Bertz CT molecular complexity index is 773. The summed E-state index contributed by atoms with van der Waals surface area (Å²) in [5.41, 5.74) is 1.38. The number of aromatic nitrogens is 2. The Hall–Kier alpha value is -2.37. The highest BCUT2D eigenvalue weighted by Gasteiger charge is 2.12. The molecule has 3 aromatic rings. The Kier molecular flexibility index (Phi) is 4.37. The van der Waals surface area contributed by atoms with Gasteiger partial charge < -0.3 is 14.3 Å². The molecular weight excluding hydrogens is 304 g/mol. The molecule has 0 radical (unpaired) electrons. The van der Waals surface area contributed by atoms with Crippen LogP contribution in [0.5, 0.6) is 5.75 Å². The lowest BCUT2D eigenvalue weighted by molar-refractivity contribution is 0.242. The summed E-state index contributed by atoms with van der Waals surface area (Å²) in [6.07, 6.45) is 0. The van der Waals surface area contributed by atoms with Gasteiger partial charge in [-0.2, -0.15) is 0 Å². The first-order valence-electron chi connectivity index (χ1n) is 6.67. The molecule has 0 bridgehead atoms. The predicted octanol–water partition coefficient (Wildman–Crippen LogP) is 3.46. The summed E-state index contributed by atoms with van der Waals surface area (Å²) in [4.78, 5) is 0. The van der Waals surface area contributed by atoms with Crippen molar-refractivity contribution in [3.8, 4) is 17.2 Å². The quantitative estimate of drug-likeness (QED) is 0.780. The zero-order chi connectivity index (χ0) is 15.4. The summed E-state index contributed by atoms with van der Waals surface area (Å²) in [5, 5.41) is 17.7. The number of aliphatic hydroxyl groups excluding tert-OH is 1. The van der Waals surface area contributed by atoms with Gasteiger partial charge in [0.05, 0.1) is 17.2 Å². The SMILES string of the molecule is OCc1ccccc1OCc1nnc(-c2ccccc2Cl)o1. The van der Waals surface area contributed by atoms with Gasteiger partial charge in [0.15, 0.2) is 6.61 Å². The maximum atomic E-state index is 9.25. The molecule has 1 aromatic heterocycles. The van der Waals surface area contributed by atoms with Crippen molar-refractivity contribution in [3.63, 3.8) is 0 Å². The van der Waals surface area contributed by atoms with Gasteiger partial charge in [0, 0.05) is 5.56 Å². The van der Waals surface area contributed by atoms with E-state index in [9.17, 15) is 5.11 Å². The molecule has 2 aromatic carbocycles. The molecule has 112 valence electrons. The molecule has 5 nitrogen and oxygen atoms in total. The molecule has 0 amide bonds. The van der Waals surface area contributed by atoms with Crippen LogP contribution in [0.2, 0.25) is 5.02 Å². The van der Waals surface area contributed by atoms with Gasteiger partial charge in [0.25, 0.3) is 5.89 Å². The number of para-hydroxylation sites is 1. The highest BCUT2D eigenvalue weighted by atomic mass is 35.5. The van der Waals surface area contributed by atoms with Crippen LogP contribution in [0.15, 0.2) is 52.9 Å². The van der Waals surface area contributed by atoms with E-state index in [-0.39, 0.29) is 13.2 Å². The minimum Gasteiger partial charge on any atom is -0.483 e. The summed E-state index contributed by atoms with van der Waals surface area (Å²) in [6.45, 7) is 0.0271. The molecule has 1 heterocycles. The van der Waals surface area contributed by atoms with Gasteiger partial charge in [-0.15, -0.1) is 10.2 Å². The number of benzene rings is 2. The van der Waals surface area contributed by atoms with E-state index in [0.717, 1.165) is 0 Å². The second-order valence-electron chi connectivity index (χ2n) is 4.54. The number of ether oxygens (including phenoxy) is 1. The van der Waals surface area contributed by atoms with E-state index in [0.29, 0.717) is 33.7 Å². The first kappa shape index (κ1) is 14.6. The van der Waals surface area contributed by atoms with E-state index in [2.05, 4.69) is 10.2 Å². The summed E-state index contributed by atoms with van der Waals surface area (Å²) in [6, 6.07) is 14.5. The minimum absolute atomic E-state index is 0.0924. The molecule has 0 saturated heterocycles. The maximum absolute atomic E-state index is 9.25. The minimum atomic E-state index is -0.0924. The molecule has 22 heavy (non-hydrogen) atoms. The number of halogens is 1. The third-order valence-electron chi connectivity index (χ3n) is 3.07. The average Bonchev–Trinajstić information content (AvgIpc) is 3.02. The van der Waals surface area contributed by atoms with Crippen LogP contribution >= 0.6 is 11.6 Å². The largest absolute Gasteiger partial charge is 0.483 e. The third-order valence-corrected chi connectivity index (χ3v) is 3.39. The molecule has 6 heteroatoms. The summed E-state index contributed by atoms with van der Waals surface area (Å²) < 4.78 is 11.2. The van der Waals surface area contributed by atoms with Crippen LogP contribution in [0.25, 0.3) is 11.5 Å². The Labute approximate surface area is 132 Å². The van der Waals surface area contributed by atoms with Crippen molar-refractivity contribution in [2.45, 2.75) is 13.2 Å². The lowest BCUT2D eigenvalue weighted by Gasteiger charge is -2.07. The van der Waals surface area contributed by atoms with Gasteiger partial charge >= 0.3 is 0 Å². The van der Waals surface area contributed by atoms with E-state index >= 15 is 0 Å². The van der Waals surface area contributed by atoms with Crippen molar-refractivity contribution in [1.82, 2.24) is 10.2 Å². The Balaban J connectivity index is 1.74. The molecule has 0 saturated carbocycles. The molecule has 0 aliphatic carbocycles. The molecule has 0 spiro atoms. The van der Waals surface area contributed by atoms with Crippen molar-refractivity contribution in [2.75, 3.05) is 0 Å². The fourth-order valence-corrected chi connectivity index (χ4v) is 2.19. The van der Waals surface area contributed by atoms with Gasteiger partial charge in [-0.1, -0.05) is 41.9 Å². The highest BCUT2D eigenvalue weighted by Crippen LogP contribution is 2.26. The van der Waals surface area contributed by atoms with Crippen LogP contribution in [-0.2, 0) is 13.2 Å². The van der Waals surface area contributed by atoms with E-state index < -0.39 is 0 Å². The number of rotatable bonds is 5. The Morgan fingerprint density at radius 1 is 1.05 bits per heavy atom. The topological polar surface area (TPSA) is 68.4 Å². The molecule has 0 atom stereocenters. The lowest BCUT2D eigenvalue weighted by atomic mass is 10.2. The van der Waals surface area contributed by atoms with Crippen molar-refractivity contribution in [2.24, 2.45) is 0 Å². The van der Waals surface area contributed by atoms with E-state index in [1.807, 2.05) is 30.3 Å². The fraction of sp³-hybridized carbons (Fsp3) is 0.125. The normalized spacial score (nSPS) is 10.6. The highest BCUT2D eigenvalue weighted by molar-refractivity contribution is 6.33. The third kappa shape index (κ3) is 3.10. The van der Waals surface area contributed by atoms with E-state index in [1.54, 1.807) is 18.2 Å². The number of hydrogen-bond acceptors (Lipinski definition) is 5. The zero-order valence-electron chi connectivity index (χ0n) is 11.6. The summed E-state index contributed by atoms with van der Waals surface area (Å²) >= 11 is 6.09. The predicted molar refractivity (Wildman–Crippen MR) is 81.4 cm³/mol. The van der Waals surface area contributed by atoms with Crippen LogP contribution in [0.4, 0.5) is 0 Å². The van der Waals surface area contributed by atoms with Crippen LogP contribution in [0.3, 0.4) is 0 Å². The van der Waals surface area contributed by atoms with Gasteiger partial charge in [-0.25, -0.2) is 0 Å². The first-order valence-corrected chi connectivity index (χ1v) is 7.04. The number of nitrogens with zero attached hydrogens (tertiary/aromatic N) is 2. The van der Waals surface area contributed by atoms with Crippen molar-refractivity contribution in [3.05, 3.63) is 65.0 Å². The zero-order valence-corrected chi connectivity index (χ0v) is 12.3. The Morgan fingerprint density at radius 2 is 1.82 bits per heavy atom. The number of aliphatic hydroxyl groups is 1. The van der Waals surface area contributed by atoms with E-state index in [4.69, 9.17) is 20.8 Å². The average molecular weight is 317 g/mol. The Morgan fingerprint density at radius 3 is 2.64 bits per heavy atom. The molecule has 0 fully saturated rings. The van der Waals surface area contributed by atoms with Crippen LogP contribution in [0.1, 0.15) is 11.5 Å². The summed E-state index contributed by atoms with van der Waals surface area (Å²) in [7, 11) is 0. The van der Waals surface area contributed by atoms with Crippen molar-refractivity contribution >= 4 is 11.6 Å². The molecule has 0 aliphatic rings. The fourth-order valence-electron chi connectivity index (χ4n) is 1.97. The second-order valence-corrected chi connectivity index (χ2v) is 4.94. The van der Waals surface area contributed by atoms with Crippen molar-refractivity contribution in [1.29, 1.82) is 0 Å². The lowest BCUT2D eigenvalue weighted by Crippen LogP contribution is -1.98. The molecule has 0 aliphatic heterocycles. The molecular formula is C16H13ClN2O3. The van der Waals surface area contributed by atoms with Crippen LogP contribution < -0.4 is 4.74 Å². The van der Waals surface area contributed by atoms with Crippen LogP contribution in [-0.4, -0.2) is 15.3 Å². The van der Waals surface area contributed by atoms with Gasteiger partial charge in [-0.3, -0.25) is 0 Å². The van der Waals surface area contributed by atoms with Gasteiger partial charge in [0.2, 0.25) is 5.89 Å². The summed E-state index contributed by atoms with van der Waals surface area (Å²) in [5.74, 6) is 1.27. The standard InChI is InChI=1S/C16H13ClN2O3/c17-13-7-3-2-6-12(13)16-19-18-15(22-16)10-21-14-8-4-1-5-11(14)9-20/h1-8,20H,9-10H2. The monoisotopic (exact) mass is 316 g/mol. The van der Waals surface area contributed by atoms with Gasteiger partial charge in [0.1, 0.15) is 5.75 Å². The van der Waals surface area contributed by atoms with E-state index in [1.165, 1.54) is 0 Å². The molecule has 0 unspecified atom stereocenters. The second kappa shape index (κ2) is 6.60.